The smallest absolute Gasteiger partial charge is 0.0136 e. The van der Waals surface area contributed by atoms with Crippen LogP contribution in [0.4, 0.5) is 0 Å². The van der Waals surface area contributed by atoms with Gasteiger partial charge in [0, 0.05) is 6.54 Å². The first-order valence-corrected chi connectivity index (χ1v) is 7.65. The Hall–Kier alpha value is 0.0500. The van der Waals surface area contributed by atoms with Crippen LogP contribution in [0.3, 0.4) is 0 Å². The van der Waals surface area contributed by atoms with Gasteiger partial charge in [0.1, 0.15) is 0 Å². The van der Waals surface area contributed by atoms with Crippen molar-refractivity contribution in [3.8, 4) is 0 Å². The van der Waals surface area contributed by atoms with Crippen molar-refractivity contribution in [3.63, 3.8) is 0 Å². The molecule has 13 heavy (non-hydrogen) atoms. The van der Waals surface area contributed by atoms with E-state index in [0.29, 0.717) is 5.92 Å². The largest absolute Gasteiger partial charge is 0.271 e. The number of hydrogen-bond donors (Lipinski definition) is 0. The van der Waals surface area contributed by atoms with Crippen molar-refractivity contribution in [1.29, 1.82) is 0 Å². The van der Waals surface area contributed by atoms with E-state index in [1.165, 1.54) is 12.0 Å². The first-order valence-electron chi connectivity index (χ1n) is 4.84. The first-order chi connectivity index (χ1) is 5.79. The highest BCUT2D eigenvalue weighted by atomic mass is 32.3. The highest BCUT2D eigenvalue weighted by molar-refractivity contribution is 8.30. The average Bonchev–Trinajstić information content (AvgIpc) is 1.96. The monoisotopic (exact) mass is 203 g/mol. The van der Waals surface area contributed by atoms with Gasteiger partial charge in [0.05, 0.1) is 0 Å². The standard InChI is InChI=1S/C11H25NS/c1-8-11(10(2)3)9-12(4)13(5,6)7/h11H,2,8-9H2,1,3-7H3. The van der Waals surface area contributed by atoms with Gasteiger partial charge in [-0.3, -0.25) is 4.31 Å². The van der Waals surface area contributed by atoms with Crippen LogP contribution in [0.1, 0.15) is 20.3 Å². The van der Waals surface area contributed by atoms with Crippen molar-refractivity contribution in [2.75, 3.05) is 32.4 Å². The molecular formula is C11H25NS. The van der Waals surface area contributed by atoms with E-state index in [-0.39, 0.29) is 0 Å². The lowest BCUT2D eigenvalue weighted by atomic mass is 9.99. The molecule has 0 N–H and O–H groups in total. The minimum atomic E-state index is -0.549. The second kappa shape index (κ2) is 5.06. The Labute approximate surface area is 85.7 Å². The molecule has 0 aliphatic rings. The lowest BCUT2D eigenvalue weighted by Gasteiger charge is -2.39. The van der Waals surface area contributed by atoms with Crippen LogP contribution in [0.5, 0.6) is 0 Å². The van der Waals surface area contributed by atoms with Crippen LogP contribution >= 0.6 is 10.2 Å². The maximum Gasteiger partial charge on any atom is 0.0136 e. The van der Waals surface area contributed by atoms with E-state index in [1.54, 1.807) is 0 Å². The zero-order valence-corrected chi connectivity index (χ0v) is 10.9. The lowest BCUT2D eigenvalue weighted by Crippen LogP contribution is -2.27. The third-order valence-electron chi connectivity index (χ3n) is 2.60. The van der Waals surface area contributed by atoms with Gasteiger partial charge in [-0.2, -0.15) is 10.2 Å². The zero-order valence-electron chi connectivity index (χ0n) is 10.1. The highest BCUT2D eigenvalue weighted by Crippen LogP contribution is 2.39. The fourth-order valence-electron chi connectivity index (χ4n) is 1.17. The average molecular weight is 203 g/mol. The van der Waals surface area contributed by atoms with Crippen molar-refractivity contribution in [2.24, 2.45) is 5.92 Å². The molecule has 0 saturated heterocycles. The van der Waals surface area contributed by atoms with Gasteiger partial charge in [-0.05, 0) is 45.1 Å². The lowest BCUT2D eigenvalue weighted by molar-refractivity contribution is 0.441. The Morgan fingerprint density at radius 1 is 1.38 bits per heavy atom. The van der Waals surface area contributed by atoms with Gasteiger partial charge in [0.25, 0.3) is 0 Å². The van der Waals surface area contributed by atoms with Crippen LogP contribution in [-0.4, -0.2) is 36.7 Å². The molecule has 1 nitrogen and oxygen atoms in total. The van der Waals surface area contributed by atoms with Crippen LogP contribution in [0.25, 0.3) is 0 Å². The third kappa shape index (κ3) is 4.72. The fourth-order valence-corrected chi connectivity index (χ4v) is 1.79. The normalized spacial score (nSPS) is 15.9. The maximum atomic E-state index is 4.04. The summed E-state index contributed by atoms with van der Waals surface area (Å²) in [5, 5.41) is 0. The number of nitrogens with zero attached hydrogens (tertiary/aromatic N) is 1. The number of rotatable bonds is 5. The van der Waals surface area contributed by atoms with Gasteiger partial charge in [0.15, 0.2) is 0 Å². The third-order valence-corrected chi connectivity index (χ3v) is 4.62. The highest BCUT2D eigenvalue weighted by Gasteiger charge is 2.16. The maximum absolute atomic E-state index is 4.04. The van der Waals surface area contributed by atoms with E-state index in [2.05, 4.69) is 50.5 Å². The van der Waals surface area contributed by atoms with E-state index >= 15 is 0 Å². The Morgan fingerprint density at radius 3 is 2.08 bits per heavy atom. The van der Waals surface area contributed by atoms with Crippen molar-refractivity contribution >= 4 is 10.2 Å². The van der Waals surface area contributed by atoms with E-state index < -0.39 is 10.2 Å². The second-order valence-electron chi connectivity index (χ2n) is 4.53. The van der Waals surface area contributed by atoms with Crippen molar-refractivity contribution in [2.45, 2.75) is 20.3 Å². The molecule has 0 heterocycles. The van der Waals surface area contributed by atoms with Crippen LogP contribution in [0.15, 0.2) is 12.2 Å². The molecule has 0 bridgehead atoms. The molecular weight excluding hydrogens is 178 g/mol. The second-order valence-corrected chi connectivity index (χ2v) is 8.70. The molecule has 1 unspecified atom stereocenters. The SMILES string of the molecule is C=C(C)C(CC)CN(C)S(C)(C)C. The Kier molecular flexibility index (Phi) is 5.08. The van der Waals surface area contributed by atoms with Gasteiger partial charge in [-0.25, -0.2) is 0 Å². The van der Waals surface area contributed by atoms with E-state index in [1.807, 2.05) is 0 Å². The molecule has 0 saturated carbocycles. The fraction of sp³-hybridized carbons (Fsp3) is 0.818. The summed E-state index contributed by atoms with van der Waals surface area (Å²) in [6.07, 6.45) is 8.20. The minimum absolute atomic E-state index is 0.549. The summed E-state index contributed by atoms with van der Waals surface area (Å²) < 4.78 is 2.48. The molecule has 0 aliphatic heterocycles. The van der Waals surface area contributed by atoms with Crippen LogP contribution in [0, 0.1) is 5.92 Å². The van der Waals surface area contributed by atoms with Gasteiger partial charge < -0.3 is 0 Å². The summed E-state index contributed by atoms with van der Waals surface area (Å²) in [5.41, 5.74) is 1.32. The van der Waals surface area contributed by atoms with Crippen LogP contribution < -0.4 is 0 Å². The Morgan fingerprint density at radius 2 is 1.85 bits per heavy atom. The van der Waals surface area contributed by atoms with E-state index in [9.17, 15) is 0 Å². The predicted octanol–water partition coefficient (Wildman–Crippen LogP) is 3.13. The van der Waals surface area contributed by atoms with E-state index in [0.717, 1.165) is 6.54 Å². The first kappa shape index (κ1) is 13.1. The van der Waals surface area contributed by atoms with Crippen molar-refractivity contribution in [3.05, 3.63) is 12.2 Å². The molecule has 0 spiro atoms. The van der Waals surface area contributed by atoms with Gasteiger partial charge in [-0.1, -0.05) is 19.1 Å². The van der Waals surface area contributed by atoms with Crippen LogP contribution in [-0.2, 0) is 0 Å². The quantitative estimate of drug-likeness (QED) is 0.621. The molecule has 0 aromatic carbocycles. The molecule has 80 valence electrons. The molecule has 0 fully saturated rings. The summed E-state index contributed by atoms with van der Waals surface area (Å²) in [4.78, 5) is 0. The molecule has 0 radical (unpaired) electrons. The Balaban J connectivity index is 4.17. The van der Waals surface area contributed by atoms with Crippen molar-refractivity contribution < 1.29 is 0 Å². The summed E-state index contributed by atoms with van der Waals surface area (Å²) in [5.74, 6) is 0.664. The molecule has 0 aliphatic carbocycles. The summed E-state index contributed by atoms with van der Waals surface area (Å²) in [6, 6.07) is 0. The molecule has 0 aromatic rings. The molecule has 2 heteroatoms. The van der Waals surface area contributed by atoms with Crippen molar-refractivity contribution in [1.82, 2.24) is 4.31 Å². The zero-order chi connectivity index (χ0) is 10.6. The van der Waals surface area contributed by atoms with Gasteiger partial charge in [-0.15, -0.1) is 0 Å². The Bertz CT molecular complexity index is 169. The van der Waals surface area contributed by atoms with Crippen LogP contribution in [0.2, 0.25) is 0 Å². The topological polar surface area (TPSA) is 3.24 Å². The summed E-state index contributed by atoms with van der Waals surface area (Å²) >= 11 is 0. The summed E-state index contributed by atoms with van der Waals surface area (Å²) in [6.45, 7) is 9.58. The van der Waals surface area contributed by atoms with Gasteiger partial charge in [0.2, 0.25) is 0 Å². The molecule has 0 aromatic heterocycles. The predicted molar refractivity (Wildman–Crippen MR) is 66.6 cm³/mol. The number of hydrogen-bond acceptors (Lipinski definition) is 1. The molecule has 1 atom stereocenters. The van der Waals surface area contributed by atoms with Gasteiger partial charge >= 0.3 is 0 Å². The minimum Gasteiger partial charge on any atom is -0.271 e. The molecule has 0 rings (SSSR count). The molecule has 0 amide bonds. The summed E-state index contributed by atoms with van der Waals surface area (Å²) in [7, 11) is 1.67. The van der Waals surface area contributed by atoms with E-state index in [4.69, 9.17) is 0 Å².